The van der Waals surface area contributed by atoms with E-state index in [-0.39, 0.29) is 11.7 Å². The molecule has 5 heteroatoms. The van der Waals surface area contributed by atoms with Crippen LogP contribution in [0.15, 0.2) is 48.7 Å². The molecule has 1 aliphatic heterocycles. The summed E-state index contributed by atoms with van der Waals surface area (Å²) in [5.74, 6) is 0.829. The van der Waals surface area contributed by atoms with Gasteiger partial charge in [-0.05, 0) is 38.1 Å². The zero-order valence-electron chi connectivity index (χ0n) is 14.0. The second-order valence-electron chi connectivity index (χ2n) is 6.49. The molecule has 1 fully saturated rings. The van der Waals surface area contributed by atoms with Crippen LogP contribution >= 0.6 is 0 Å². The van der Waals surface area contributed by atoms with Gasteiger partial charge < -0.3 is 14.4 Å². The van der Waals surface area contributed by atoms with Crippen LogP contribution in [0.1, 0.15) is 19.5 Å². The number of morpholine rings is 1. The summed E-state index contributed by atoms with van der Waals surface area (Å²) in [7, 11) is 0. The highest BCUT2D eigenvalue weighted by Crippen LogP contribution is 2.27. The van der Waals surface area contributed by atoms with Gasteiger partial charge >= 0.3 is 0 Å². The number of benzene rings is 1. The molecule has 0 aliphatic carbocycles. The van der Waals surface area contributed by atoms with Crippen molar-refractivity contribution in [3.8, 4) is 11.8 Å². The van der Waals surface area contributed by atoms with E-state index in [4.69, 9.17) is 9.47 Å². The van der Waals surface area contributed by atoms with Gasteiger partial charge in [-0.3, -0.25) is 0 Å². The van der Waals surface area contributed by atoms with Crippen LogP contribution < -0.4 is 9.64 Å². The minimum atomic E-state index is -0.328. The first-order valence-electron chi connectivity index (χ1n) is 8.03. The first-order chi connectivity index (χ1) is 11.6. The summed E-state index contributed by atoms with van der Waals surface area (Å²) < 4.78 is 12.0. The van der Waals surface area contributed by atoms with Crippen molar-refractivity contribution in [1.29, 1.82) is 5.26 Å². The smallest absolute Gasteiger partial charge is 0.163 e. The van der Waals surface area contributed by atoms with Crippen LogP contribution in [0.25, 0.3) is 0 Å². The summed E-state index contributed by atoms with van der Waals surface area (Å²) in [5.41, 5.74) is 0.963. The van der Waals surface area contributed by atoms with E-state index in [1.165, 1.54) is 0 Å². The minimum absolute atomic E-state index is 0.0827. The van der Waals surface area contributed by atoms with Gasteiger partial charge in [-0.15, -0.1) is 0 Å². The Morgan fingerprint density at radius 2 is 2.08 bits per heavy atom. The van der Waals surface area contributed by atoms with E-state index in [1.807, 2.05) is 42.5 Å². The maximum absolute atomic E-state index is 9.30. The molecule has 1 aliphatic rings. The Kier molecular flexibility index (Phi) is 4.68. The Balaban J connectivity index is 1.74. The fraction of sp³-hybridized carbons (Fsp3) is 0.368. The maximum atomic E-state index is 9.30. The van der Waals surface area contributed by atoms with E-state index < -0.39 is 0 Å². The van der Waals surface area contributed by atoms with Gasteiger partial charge in [-0.25, -0.2) is 4.98 Å². The number of ether oxygens (including phenoxy) is 2. The van der Waals surface area contributed by atoms with Gasteiger partial charge in [-0.2, -0.15) is 5.26 Å². The van der Waals surface area contributed by atoms with Crippen LogP contribution in [0.3, 0.4) is 0 Å². The molecule has 0 saturated carbocycles. The van der Waals surface area contributed by atoms with Gasteiger partial charge in [0, 0.05) is 19.3 Å². The SMILES string of the molecule is CC1(C)CN(c2cccnc2C#N)CC(COc2ccccc2)O1. The Hall–Kier alpha value is -2.58. The fourth-order valence-electron chi connectivity index (χ4n) is 3.01. The molecule has 0 N–H and O–H groups in total. The van der Waals surface area contributed by atoms with Crippen molar-refractivity contribution in [2.45, 2.75) is 25.6 Å². The highest BCUT2D eigenvalue weighted by atomic mass is 16.5. The van der Waals surface area contributed by atoms with Crippen LogP contribution in [-0.2, 0) is 4.74 Å². The third-order valence-electron chi connectivity index (χ3n) is 3.89. The summed E-state index contributed by atoms with van der Waals surface area (Å²) in [6.07, 6.45) is 1.56. The third-order valence-corrected chi connectivity index (χ3v) is 3.89. The summed E-state index contributed by atoms with van der Waals surface area (Å²) in [6.45, 7) is 5.94. The Labute approximate surface area is 142 Å². The molecule has 1 aromatic heterocycles. The van der Waals surface area contributed by atoms with Crippen molar-refractivity contribution in [2.24, 2.45) is 0 Å². The zero-order chi connectivity index (χ0) is 17.0. The van der Waals surface area contributed by atoms with Crippen molar-refractivity contribution in [2.75, 3.05) is 24.6 Å². The second kappa shape index (κ2) is 6.90. The van der Waals surface area contributed by atoms with E-state index in [0.29, 0.717) is 25.4 Å². The number of anilines is 1. The highest BCUT2D eigenvalue weighted by molar-refractivity contribution is 5.56. The predicted molar refractivity (Wildman–Crippen MR) is 92.1 cm³/mol. The van der Waals surface area contributed by atoms with Crippen molar-refractivity contribution < 1.29 is 9.47 Å². The first kappa shape index (κ1) is 16.3. The molecule has 1 atom stereocenters. The van der Waals surface area contributed by atoms with Crippen LogP contribution in [-0.4, -0.2) is 36.4 Å². The van der Waals surface area contributed by atoms with E-state index >= 15 is 0 Å². The Morgan fingerprint density at radius 1 is 1.29 bits per heavy atom. The topological polar surface area (TPSA) is 58.4 Å². The molecule has 0 radical (unpaired) electrons. The van der Waals surface area contributed by atoms with Crippen LogP contribution in [0.4, 0.5) is 5.69 Å². The van der Waals surface area contributed by atoms with Crippen LogP contribution in [0, 0.1) is 11.3 Å². The molecule has 24 heavy (non-hydrogen) atoms. The molecular weight excluding hydrogens is 302 g/mol. The number of hydrogen-bond acceptors (Lipinski definition) is 5. The largest absolute Gasteiger partial charge is 0.491 e. The number of hydrogen-bond donors (Lipinski definition) is 0. The monoisotopic (exact) mass is 323 g/mol. The minimum Gasteiger partial charge on any atom is -0.491 e. The first-order valence-corrected chi connectivity index (χ1v) is 8.03. The number of para-hydroxylation sites is 1. The highest BCUT2D eigenvalue weighted by Gasteiger charge is 2.34. The average molecular weight is 323 g/mol. The molecule has 0 amide bonds. The molecule has 2 aromatic rings. The summed E-state index contributed by atoms with van der Waals surface area (Å²) in [6, 6.07) is 15.7. The predicted octanol–water partition coefficient (Wildman–Crippen LogP) is 3.02. The molecule has 1 unspecified atom stereocenters. The van der Waals surface area contributed by atoms with Gasteiger partial charge in [0.2, 0.25) is 0 Å². The quantitative estimate of drug-likeness (QED) is 0.865. The lowest BCUT2D eigenvalue weighted by Gasteiger charge is -2.43. The van der Waals surface area contributed by atoms with Gasteiger partial charge in [0.15, 0.2) is 5.69 Å². The lowest BCUT2D eigenvalue weighted by molar-refractivity contribution is -0.0970. The van der Waals surface area contributed by atoms with Crippen LogP contribution in [0.5, 0.6) is 5.75 Å². The summed E-state index contributed by atoms with van der Waals surface area (Å²) in [4.78, 5) is 6.32. The number of nitrogens with zero attached hydrogens (tertiary/aromatic N) is 3. The molecule has 5 nitrogen and oxygen atoms in total. The van der Waals surface area contributed by atoms with Gasteiger partial charge in [0.25, 0.3) is 0 Å². The number of rotatable bonds is 4. The average Bonchev–Trinajstić information content (AvgIpc) is 2.59. The zero-order valence-corrected chi connectivity index (χ0v) is 14.0. The molecule has 0 spiro atoms. The molecule has 1 aromatic carbocycles. The lowest BCUT2D eigenvalue weighted by atomic mass is 10.0. The second-order valence-corrected chi connectivity index (χ2v) is 6.49. The fourth-order valence-corrected chi connectivity index (χ4v) is 3.01. The summed E-state index contributed by atoms with van der Waals surface area (Å²) in [5, 5.41) is 9.30. The van der Waals surface area contributed by atoms with Crippen molar-refractivity contribution in [1.82, 2.24) is 4.98 Å². The van der Waals surface area contributed by atoms with E-state index in [9.17, 15) is 5.26 Å². The van der Waals surface area contributed by atoms with Crippen molar-refractivity contribution in [3.63, 3.8) is 0 Å². The van der Waals surface area contributed by atoms with Gasteiger partial charge in [0.1, 0.15) is 24.5 Å². The van der Waals surface area contributed by atoms with E-state index in [1.54, 1.807) is 6.20 Å². The molecule has 2 heterocycles. The summed E-state index contributed by atoms with van der Waals surface area (Å²) >= 11 is 0. The van der Waals surface area contributed by atoms with E-state index in [2.05, 4.69) is 29.8 Å². The van der Waals surface area contributed by atoms with Gasteiger partial charge in [-0.1, -0.05) is 18.2 Å². The van der Waals surface area contributed by atoms with Crippen LogP contribution in [0.2, 0.25) is 0 Å². The number of aromatic nitrogens is 1. The Morgan fingerprint density at radius 3 is 2.83 bits per heavy atom. The normalized spacial score (nSPS) is 19.5. The molecule has 124 valence electrons. The number of nitriles is 1. The molecular formula is C19H21N3O2. The lowest BCUT2D eigenvalue weighted by Crippen LogP contribution is -2.54. The van der Waals surface area contributed by atoms with E-state index in [0.717, 1.165) is 11.4 Å². The van der Waals surface area contributed by atoms with Crippen molar-refractivity contribution >= 4 is 5.69 Å². The molecule has 3 rings (SSSR count). The van der Waals surface area contributed by atoms with Crippen molar-refractivity contribution in [3.05, 3.63) is 54.4 Å². The molecule has 0 bridgehead atoms. The number of pyridine rings is 1. The third kappa shape index (κ3) is 3.84. The maximum Gasteiger partial charge on any atom is 0.163 e. The molecule has 1 saturated heterocycles. The Bertz CT molecular complexity index is 725. The standard InChI is InChI=1S/C19H21N3O2/c1-19(2)14-22(18-9-6-10-21-17(18)11-20)12-16(24-19)13-23-15-7-4-3-5-8-15/h3-10,16H,12-14H2,1-2H3. The van der Waals surface area contributed by atoms with Gasteiger partial charge in [0.05, 0.1) is 11.3 Å².